The van der Waals surface area contributed by atoms with Crippen LogP contribution in [0.2, 0.25) is 0 Å². The first-order valence-electron chi connectivity index (χ1n) is 11.9. The Kier molecular flexibility index (Phi) is 7.32. The van der Waals surface area contributed by atoms with E-state index < -0.39 is 6.09 Å². The molecule has 0 saturated carbocycles. The van der Waals surface area contributed by atoms with Gasteiger partial charge >= 0.3 is 12.1 Å². The van der Waals surface area contributed by atoms with Crippen LogP contribution in [0.3, 0.4) is 0 Å². The molecule has 7 nitrogen and oxygen atoms in total. The third-order valence-corrected chi connectivity index (χ3v) is 7.04. The second kappa shape index (κ2) is 10.3. The molecule has 0 saturated heterocycles. The number of amides is 1. The highest BCUT2D eigenvalue weighted by Gasteiger charge is 2.27. The van der Waals surface area contributed by atoms with Gasteiger partial charge in [-0.05, 0) is 69.2 Å². The van der Waals surface area contributed by atoms with E-state index in [2.05, 4.69) is 32.2 Å². The molecule has 1 aromatic heterocycles. The Balaban J connectivity index is 1.78. The van der Waals surface area contributed by atoms with E-state index in [0.29, 0.717) is 16.4 Å². The SMILES string of the molecule is COc1cc(OC(=O)N(C)C)ccc1-c1ccc2c(c1COC(=O)c1ccc(C)s1)C(C)=CC(C)(C)N2. The normalized spacial score (nSPS) is 13.6. The fourth-order valence-corrected chi connectivity index (χ4v) is 5.27. The van der Waals surface area contributed by atoms with Crippen LogP contribution in [0, 0.1) is 6.92 Å². The van der Waals surface area contributed by atoms with Gasteiger partial charge in [0.05, 0.1) is 12.6 Å². The van der Waals surface area contributed by atoms with Gasteiger partial charge in [0.2, 0.25) is 0 Å². The lowest BCUT2D eigenvalue weighted by atomic mass is 9.85. The molecule has 1 aliphatic heterocycles. The number of nitrogens with one attached hydrogen (secondary N) is 1. The lowest BCUT2D eigenvalue weighted by molar-refractivity contribution is 0.0479. The Bertz CT molecular complexity index is 1390. The maximum absolute atomic E-state index is 12.8. The summed E-state index contributed by atoms with van der Waals surface area (Å²) in [6, 6.07) is 13.0. The number of hydrogen-bond acceptors (Lipinski definition) is 7. The molecule has 1 aliphatic rings. The Labute approximate surface area is 221 Å². The Morgan fingerprint density at radius 3 is 2.41 bits per heavy atom. The van der Waals surface area contributed by atoms with Crippen molar-refractivity contribution in [1.29, 1.82) is 0 Å². The predicted molar refractivity (Wildman–Crippen MR) is 148 cm³/mol. The molecule has 194 valence electrons. The molecule has 0 radical (unpaired) electrons. The number of thiophene rings is 1. The summed E-state index contributed by atoms with van der Waals surface area (Å²) >= 11 is 1.41. The molecule has 0 bridgehead atoms. The standard InChI is InChI=1S/C29H32N2O5S/c1-17-15-29(3,4)30-23-12-11-20(21-10-9-19(14-24(21)34-7)36-28(33)31(5)6)22(26(17)23)16-35-27(32)25-13-8-18(2)37-25/h8-15,30H,16H2,1-7H3. The largest absolute Gasteiger partial charge is 0.496 e. The van der Waals surface area contributed by atoms with Crippen LogP contribution in [0.25, 0.3) is 16.7 Å². The van der Waals surface area contributed by atoms with E-state index in [4.69, 9.17) is 14.2 Å². The summed E-state index contributed by atoms with van der Waals surface area (Å²) in [7, 11) is 4.82. The van der Waals surface area contributed by atoms with Crippen molar-refractivity contribution in [2.24, 2.45) is 0 Å². The van der Waals surface area contributed by atoms with Crippen LogP contribution in [0.4, 0.5) is 10.5 Å². The van der Waals surface area contributed by atoms with E-state index in [1.807, 2.05) is 31.2 Å². The van der Waals surface area contributed by atoms with E-state index in [9.17, 15) is 9.59 Å². The van der Waals surface area contributed by atoms with Crippen molar-refractivity contribution in [2.75, 3.05) is 26.5 Å². The molecule has 0 fully saturated rings. The van der Waals surface area contributed by atoms with Crippen molar-refractivity contribution in [2.45, 2.75) is 39.8 Å². The van der Waals surface area contributed by atoms with Crippen molar-refractivity contribution in [3.8, 4) is 22.6 Å². The number of carbonyl (C=O) groups excluding carboxylic acids is 2. The minimum Gasteiger partial charge on any atom is -0.496 e. The Hall–Kier alpha value is -3.78. The highest BCUT2D eigenvalue weighted by atomic mass is 32.1. The van der Waals surface area contributed by atoms with Gasteiger partial charge in [0.25, 0.3) is 0 Å². The van der Waals surface area contributed by atoms with Crippen molar-refractivity contribution in [3.05, 3.63) is 69.4 Å². The number of hydrogen-bond donors (Lipinski definition) is 1. The molecule has 2 aromatic carbocycles. The quantitative estimate of drug-likeness (QED) is 0.362. The molecule has 2 heterocycles. The zero-order chi connectivity index (χ0) is 26.9. The molecule has 1 N–H and O–H groups in total. The van der Waals surface area contributed by atoms with E-state index in [0.717, 1.165) is 38.4 Å². The number of allylic oxidation sites excluding steroid dienone is 1. The fourth-order valence-electron chi connectivity index (χ4n) is 4.50. The van der Waals surface area contributed by atoms with E-state index in [1.54, 1.807) is 39.4 Å². The Morgan fingerprint density at radius 2 is 1.76 bits per heavy atom. The van der Waals surface area contributed by atoms with Gasteiger partial charge in [-0.2, -0.15) is 0 Å². The lowest BCUT2D eigenvalue weighted by Crippen LogP contribution is -2.32. The van der Waals surface area contributed by atoms with Gasteiger partial charge in [0.15, 0.2) is 0 Å². The monoisotopic (exact) mass is 520 g/mol. The van der Waals surface area contributed by atoms with Crippen LogP contribution in [0.1, 0.15) is 46.4 Å². The fraction of sp³-hybridized carbons (Fsp3) is 0.310. The van der Waals surface area contributed by atoms with E-state index >= 15 is 0 Å². The molecule has 37 heavy (non-hydrogen) atoms. The summed E-state index contributed by atoms with van der Waals surface area (Å²) in [5.41, 5.74) is 5.38. The number of methoxy groups -OCH3 is 1. The van der Waals surface area contributed by atoms with E-state index in [1.165, 1.54) is 16.2 Å². The average Bonchev–Trinajstić information content (AvgIpc) is 3.27. The van der Waals surface area contributed by atoms with Crippen molar-refractivity contribution < 1.29 is 23.8 Å². The molecular formula is C29H32N2O5S. The number of aryl methyl sites for hydroxylation is 1. The zero-order valence-electron chi connectivity index (χ0n) is 22.2. The summed E-state index contributed by atoms with van der Waals surface area (Å²) in [5, 5.41) is 3.57. The minimum absolute atomic E-state index is 0.0854. The summed E-state index contributed by atoms with van der Waals surface area (Å²) in [6.45, 7) is 8.34. The third kappa shape index (κ3) is 5.64. The first-order valence-corrected chi connectivity index (χ1v) is 12.8. The van der Waals surface area contributed by atoms with Crippen molar-refractivity contribution in [1.82, 2.24) is 4.90 Å². The van der Waals surface area contributed by atoms with Gasteiger partial charge < -0.3 is 24.4 Å². The average molecular weight is 521 g/mol. The first-order chi connectivity index (χ1) is 17.5. The summed E-state index contributed by atoms with van der Waals surface area (Å²) in [5.74, 6) is 0.555. The summed E-state index contributed by atoms with van der Waals surface area (Å²) < 4.78 is 17.0. The number of fused-ring (bicyclic) bond motifs is 1. The molecule has 0 spiro atoms. The van der Waals surface area contributed by atoms with Crippen molar-refractivity contribution in [3.63, 3.8) is 0 Å². The molecule has 8 heteroatoms. The molecule has 1 amide bonds. The van der Waals surface area contributed by atoms with Gasteiger partial charge in [-0.15, -0.1) is 11.3 Å². The van der Waals surface area contributed by atoms with Crippen LogP contribution < -0.4 is 14.8 Å². The van der Waals surface area contributed by atoms with Gasteiger partial charge in [-0.1, -0.05) is 12.1 Å². The number of nitrogens with zero attached hydrogens (tertiary/aromatic N) is 1. The highest BCUT2D eigenvalue weighted by Crippen LogP contribution is 2.43. The van der Waals surface area contributed by atoms with Crippen LogP contribution in [-0.2, 0) is 11.3 Å². The molecule has 0 atom stereocenters. The number of ether oxygens (including phenoxy) is 3. The third-order valence-electron chi connectivity index (χ3n) is 6.06. The maximum atomic E-state index is 12.8. The smallest absolute Gasteiger partial charge is 0.414 e. The number of anilines is 1. The second-order valence-corrected chi connectivity index (χ2v) is 11.1. The number of esters is 1. The lowest BCUT2D eigenvalue weighted by Gasteiger charge is -2.33. The van der Waals surface area contributed by atoms with Crippen LogP contribution in [-0.4, -0.2) is 43.7 Å². The topological polar surface area (TPSA) is 77.1 Å². The number of rotatable bonds is 6. The highest BCUT2D eigenvalue weighted by molar-refractivity contribution is 7.13. The van der Waals surface area contributed by atoms with E-state index in [-0.39, 0.29) is 18.1 Å². The van der Waals surface area contributed by atoms with Crippen molar-refractivity contribution >= 4 is 34.7 Å². The van der Waals surface area contributed by atoms with Gasteiger partial charge in [0, 0.05) is 47.4 Å². The van der Waals surface area contributed by atoms with Crippen LogP contribution >= 0.6 is 11.3 Å². The van der Waals surface area contributed by atoms with Gasteiger partial charge in [0.1, 0.15) is 23.0 Å². The van der Waals surface area contributed by atoms with Gasteiger partial charge in [-0.3, -0.25) is 0 Å². The second-order valence-electron chi connectivity index (χ2n) is 9.80. The maximum Gasteiger partial charge on any atom is 0.414 e. The summed E-state index contributed by atoms with van der Waals surface area (Å²) in [6.07, 6.45) is 1.70. The molecule has 4 rings (SSSR count). The molecular weight excluding hydrogens is 488 g/mol. The zero-order valence-corrected chi connectivity index (χ0v) is 23.0. The van der Waals surface area contributed by atoms with Crippen LogP contribution in [0.5, 0.6) is 11.5 Å². The number of benzene rings is 2. The molecule has 3 aromatic rings. The first kappa shape index (κ1) is 26.3. The minimum atomic E-state index is -0.477. The predicted octanol–water partition coefficient (Wildman–Crippen LogP) is 6.76. The molecule has 0 unspecified atom stereocenters. The number of carbonyl (C=O) groups is 2. The van der Waals surface area contributed by atoms with Crippen LogP contribution in [0.15, 0.2) is 48.5 Å². The molecule has 0 aliphatic carbocycles. The van der Waals surface area contributed by atoms with Gasteiger partial charge in [-0.25, -0.2) is 9.59 Å². The Morgan fingerprint density at radius 1 is 1.03 bits per heavy atom. The summed E-state index contributed by atoms with van der Waals surface area (Å²) in [4.78, 5) is 27.9.